The van der Waals surface area contributed by atoms with Crippen molar-refractivity contribution in [3.05, 3.63) is 0 Å². The van der Waals surface area contributed by atoms with Gasteiger partial charge in [-0.25, -0.2) is 0 Å². The Morgan fingerprint density at radius 2 is 2.38 bits per heavy atom. The van der Waals surface area contributed by atoms with Crippen molar-refractivity contribution >= 4 is 16.0 Å². The molecule has 0 amide bonds. The van der Waals surface area contributed by atoms with Crippen molar-refractivity contribution in [3.8, 4) is 0 Å². The van der Waals surface area contributed by atoms with Gasteiger partial charge in [-0.1, -0.05) is 6.92 Å². The molecule has 0 aliphatic carbocycles. The van der Waals surface area contributed by atoms with E-state index in [0.29, 0.717) is 21.0 Å². The Hall–Kier alpha value is 0.455. The van der Waals surface area contributed by atoms with E-state index in [1.54, 1.807) is 0 Å². The van der Waals surface area contributed by atoms with Gasteiger partial charge in [0, 0.05) is 6.61 Å². The molecule has 0 aliphatic heterocycles. The molecule has 0 spiro atoms. The maximum Gasteiger partial charge on any atom is 0.104 e. The lowest BCUT2D eigenvalue weighted by Crippen LogP contribution is -2.00. The fraction of sp³-hybridized carbons (Fsp3) is 1.00. The molecule has 0 aromatic rings. The first kappa shape index (κ1) is 8.45. The molecule has 1 N–H and O–H groups in total. The topological polar surface area (TPSA) is 20.2 Å². The van der Waals surface area contributed by atoms with Gasteiger partial charge in [0.2, 0.25) is 0 Å². The summed E-state index contributed by atoms with van der Waals surface area (Å²) >= 11 is 0. The van der Waals surface area contributed by atoms with Crippen molar-refractivity contribution < 1.29 is 5.11 Å². The number of aliphatic hydroxyl groups is 1. The molecule has 0 saturated heterocycles. The second kappa shape index (κ2) is 5.59. The predicted octanol–water partition coefficient (Wildman–Crippen LogP) is 0.767. The van der Waals surface area contributed by atoms with E-state index in [0.717, 1.165) is 12.6 Å². The first-order chi connectivity index (χ1) is 3.81. The van der Waals surface area contributed by atoms with E-state index in [2.05, 4.69) is 0 Å². The quantitative estimate of drug-likeness (QED) is 0.440. The highest BCUT2D eigenvalue weighted by atomic mass is 31.1. The molecule has 1 nitrogen and oxygen atoms in total. The lowest BCUT2D eigenvalue weighted by molar-refractivity contribution is 0.235. The molecule has 2 radical (unpaired) electrons. The SMILES string of the molecule is [B]PCCC(C)CO. The van der Waals surface area contributed by atoms with Crippen molar-refractivity contribution in [2.75, 3.05) is 12.8 Å². The van der Waals surface area contributed by atoms with Crippen LogP contribution in [0.1, 0.15) is 13.3 Å². The van der Waals surface area contributed by atoms with Crippen LogP contribution in [0.3, 0.4) is 0 Å². The van der Waals surface area contributed by atoms with Crippen molar-refractivity contribution in [2.45, 2.75) is 13.3 Å². The highest BCUT2D eigenvalue weighted by Gasteiger charge is 1.95. The Labute approximate surface area is 54.0 Å². The molecule has 0 heterocycles. The molecule has 2 unspecified atom stereocenters. The van der Waals surface area contributed by atoms with Crippen LogP contribution in [0.15, 0.2) is 0 Å². The molecule has 0 aromatic carbocycles. The van der Waals surface area contributed by atoms with Crippen LogP contribution in [-0.2, 0) is 0 Å². The van der Waals surface area contributed by atoms with E-state index in [1.807, 2.05) is 6.92 Å². The molecule has 0 fully saturated rings. The van der Waals surface area contributed by atoms with Crippen LogP contribution in [0, 0.1) is 5.92 Å². The third kappa shape index (κ3) is 4.61. The van der Waals surface area contributed by atoms with Gasteiger partial charge in [0.25, 0.3) is 0 Å². The summed E-state index contributed by atoms with van der Waals surface area (Å²) < 4.78 is 0. The molecule has 0 aromatic heterocycles. The zero-order valence-corrected chi connectivity index (χ0v) is 6.22. The lowest BCUT2D eigenvalue weighted by atomic mass is 10.1. The highest BCUT2D eigenvalue weighted by molar-refractivity contribution is 7.66. The summed E-state index contributed by atoms with van der Waals surface area (Å²) in [6.07, 6.45) is 2.12. The Kier molecular flexibility index (Phi) is 5.91. The van der Waals surface area contributed by atoms with Gasteiger partial charge < -0.3 is 5.11 Å². The third-order valence-corrected chi connectivity index (χ3v) is 1.67. The predicted molar refractivity (Wildman–Crippen MR) is 39.8 cm³/mol. The molecule has 2 atom stereocenters. The van der Waals surface area contributed by atoms with Gasteiger partial charge in [-0.15, -0.1) is 0 Å². The summed E-state index contributed by atoms with van der Waals surface area (Å²) in [4.78, 5) is 0. The minimum absolute atomic E-state index is 0.296. The molecule has 0 rings (SSSR count). The summed E-state index contributed by atoms with van der Waals surface area (Å²) in [6, 6.07) is 0. The van der Waals surface area contributed by atoms with E-state index < -0.39 is 0 Å². The van der Waals surface area contributed by atoms with Gasteiger partial charge in [-0.3, -0.25) is 0 Å². The fourth-order valence-corrected chi connectivity index (χ4v) is 1.08. The van der Waals surface area contributed by atoms with Crippen molar-refractivity contribution in [2.24, 2.45) is 5.92 Å². The maximum atomic E-state index is 8.52. The average Bonchev–Trinajstić information content (AvgIpc) is 1.83. The van der Waals surface area contributed by atoms with Crippen LogP contribution >= 0.6 is 8.46 Å². The van der Waals surface area contributed by atoms with E-state index in [4.69, 9.17) is 12.7 Å². The van der Waals surface area contributed by atoms with Crippen LogP contribution in [0.2, 0.25) is 0 Å². The van der Waals surface area contributed by atoms with Crippen molar-refractivity contribution in [1.82, 2.24) is 0 Å². The first-order valence-electron chi connectivity index (χ1n) is 2.85. The van der Waals surface area contributed by atoms with E-state index in [-0.39, 0.29) is 0 Å². The molecule has 0 bridgehead atoms. The third-order valence-electron chi connectivity index (χ3n) is 1.09. The molecular formula is C5H12BOP. The molecular weight excluding hydrogens is 118 g/mol. The second-order valence-corrected chi connectivity index (χ2v) is 2.94. The second-order valence-electron chi connectivity index (χ2n) is 2.03. The zero-order valence-electron chi connectivity index (χ0n) is 5.22. The molecule has 8 heavy (non-hydrogen) atoms. The van der Waals surface area contributed by atoms with Gasteiger partial charge in [-0.05, 0) is 18.5 Å². The number of hydrogen-bond acceptors (Lipinski definition) is 1. The molecule has 0 saturated carbocycles. The smallest absolute Gasteiger partial charge is 0.104 e. The number of rotatable bonds is 4. The van der Waals surface area contributed by atoms with Crippen molar-refractivity contribution in [3.63, 3.8) is 0 Å². The summed E-state index contributed by atoms with van der Waals surface area (Å²) in [5.41, 5.74) is 0. The Morgan fingerprint density at radius 1 is 1.75 bits per heavy atom. The average molecular weight is 130 g/mol. The van der Waals surface area contributed by atoms with Gasteiger partial charge in [-0.2, -0.15) is 8.46 Å². The molecule has 3 heteroatoms. The standard InChI is InChI=1S/C5H12BOP/c1-5(4-7)2-3-8-6/h5,7-8H,2-4H2,1H3. The Bertz CT molecular complexity index is 51.7. The summed E-state index contributed by atoms with van der Waals surface area (Å²) in [7, 11) is 5.82. The largest absolute Gasteiger partial charge is 0.396 e. The van der Waals surface area contributed by atoms with Gasteiger partial charge >= 0.3 is 0 Å². The van der Waals surface area contributed by atoms with Crippen LogP contribution in [0.5, 0.6) is 0 Å². The summed E-state index contributed by atoms with van der Waals surface area (Å²) in [5.74, 6) is 0.436. The maximum absolute atomic E-state index is 8.52. The minimum Gasteiger partial charge on any atom is -0.396 e. The normalized spacial score (nSPS) is 15.2. The van der Waals surface area contributed by atoms with E-state index >= 15 is 0 Å². The summed E-state index contributed by atoms with van der Waals surface area (Å²) in [6.45, 7) is 2.32. The van der Waals surface area contributed by atoms with Crippen LogP contribution in [0.4, 0.5) is 0 Å². The van der Waals surface area contributed by atoms with Crippen LogP contribution < -0.4 is 0 Å². The highest BCUT2D eigenvalue weighted by Crippen LogP contribution is 2.08. The van der Waals surface area contributed by atoms with Gasteiger partial charge in [0.15, 0.2) is 0 Å². The van der Waals surface area contributed by atoms with Gasteiger partial charge in [0.1, 0.15) is 7.57 Å². The molecule has 46 valence electrons. The number of hydrogen-bond donors (Lipinski definition) is 1. The van der Waals surface area contributed by atoms with Gasteiger partial charge in [0.05, 0.1) is 0 Å². The van der Waals surface area contributed by atoms with E-state index in [1.165, 1.54) is 0 Å². The van der Waals surface area contributed by atoms with Crippen LogP contribution in [-0.4, -0.2) is 25.4 Å². The Balaban J connectivity index is 2.86. The molecule has 0 aliphatic rings. The fourth-order valence-electron chi connectivity index (χ4n) is 0.421. The van der Waals surface area contributed by atoms with Crippen molar-refractivity contribution in [1.29, 1.82) is 0 Å². The summed E-state index contributed by atoms with van der Waals surface area (Å²) in [5, 5.41) is 8.52. The first-order valence-corrected chi connectivity index (χ1v) is 4.14. The van der Waals surface area contributed by atoms with Crippen LogP contribution in [0.25, 0.3) is 0 Å². The minimum atomic E-state index is 0.296. The monoisotopic (exact) mass is 130 g/mol. The zero-order chi connectivity index (χ0) is 6.41. The van der Waals surface area contributed by atoms with E-state index in [9.17, 15) is 0 Å². The number of aliphatic hydroxyl groups excluding tert-OH is 1. The Morgan fingerprint density at radius 3 is 2.75 bits per heavy atom. The lowest BCUT2D eigenvalue weighted by Gasteiger charge is -2.03.